The molecule has 4 rings (SSSR count). The predicted octanol–water partition coefficient (Wildman–Crippen LogP) is 4.34. The maximum atomic E-state index is 15.6. The zero-order valence-corrected chi connectivity index (χ0v) is 64.6. The number of hydrogen-bond acceptors (Lipinski definition) is 16. The van der Waals surface area contributed by atoms with Gasteiger partial charge < -0.3 is 75.5 Å². The molecular formula is C74H115N13O16. The van der Waals surface area contributed by atoms with Crippen molar-refractivity contribution in [3.05, 3.63) is 59.4 Å². The fourth-order valence-corrected chi connectivity index (χ4v) is 12.8. The molecule has 29 heteroatoms. The highest BCUT2D eigenvalue weighted by Gasteiger charge is 2.46. The molecule has 103 heavy (non-hydrogen) atoms. The molecule has 12 unspecified atom stereocenters. The van der Waals surface area contributed by atoms with Crippen LogP contribution in [0.4, 0.5) is 0 Å². The van der Waals surface area contributed by atoms with Gasteiger partial charge in [-0.05, 0) is 118 Å². The fraction of sp³-hybridized carbons (Fsp3) is 0.649. The number of para-hydroxylation sites is 1. The van der Waals surface area contributed by atoms with Crippen molar-refractivity contribution in [2.24, 2.45) is 41.4 Å². The van der Waals surface area contributed by atoms with Crippen molar-refractivity contribution < 1.29 is 77.3 Å². The van der Waals surface area contributed by atoms with Crippen molar-refractivity contribution >= 4 is 88.0 Å². The molecule has 1 saturated heterocycles. The van der Waals surface area contributed by atoms with Crippen molar-refractivity contribution in [3.8, 4) is 5.75 Å². The second kappa shape index (κ2) is 37.9. The van der Waals surface area contributed by atoms with Gasteiger partial charge in [0.2, 0.25) is 65.0 Å². The fourth-order valence-electron chi connectivity index (χ4n) is 12.8. The van der Waals surface area contributed by atoms with Crippen LogP contribution in [0.2, 0.25) is 0 Å². The molecule has 0 radical (unpaired) electrons. The molecule has 29 nitrogen and oxygen atoms in total. The zero-order valence-electron chi connectivity index (χ0n) is 64.6. The smallest absolute Gasteiger partial charge is 0.343 e. The number of carbonyl (C=O) groups excluding carboxylic acids is 12. The molecule has 572 valence electrons. The molecule has 12 atom stereocenters. The van der Waals surface area contributed by atoms with Crippen molar-refractivity contribution in [1.82, 2.24) is 65.5 Å². The number of carboxylic acids is 1. The second-order valence-electron chi connectivity index (χ2n) is 30.1. The third-order valence-corrected chi connectivity index (χ3v) is 18.9. The first-order valence-corrected chi connectivity index (χ1v) is 35.6. The highest BCUT2D eigenvalue weighted by atomic mass is 16.5. The number of fused-ring (bicyclic) bond motifs is 1. The Morgan fingerprint density at radius 2 is 1.02 bits per heavy atom. The third-order valence-electron chi connectivity index (χ3n) is 18.9. The number of likely N-dealkylation sites (N-methyl/N-ethyl adjacent to an activating group) is 7. The largest absolute Gasteiger partial charge is 0.478 e. The SMILES string of the molecule is CCC1NC(=O)C(C(O)C(C)Cc2nc3ccc(C(=O)Oc4ccccc4C(=O)O)cc3[nH]2)N(C)C(=O)C(C(C)C)N(C)C(=O)C(CC(C)C)N(C)C(=O)C(CC(C)C)N(C)C(=O)C(C)NC(=O)C(C)NC(=O)C(CC(C)C)N(C)C(=O)C(C(C)C)NC(=O)C(CC(C)C)N(C)C(=O)CN(C)C1=O. The molecule has 0 aliphatic carbocycles. The summed E-state index contributed by atoms with van der Waals surface area (Å²) in [6, 6.07) is -3.11. The van der Waals surface area contributed by atoms with Crippen molar-refractivity contribution in [1.29, 1.82) is 0 Å². The number of carboxylic acid groups (broad SMARTS) is 1. The summed E-state index contributed by atoms with van der Waals surface area (Å²) in [4.78, 5) is 204. The number of benzene rings is 2. The van der Waals surface area contributed by atoms with Gasteiger partial charge in [0.05, 0.1) is 29.2 Å². The standard InChI is InChI=1S/C74H115N13O16/c1-24-49-68(95)81(17)37-58(88)82(18)52(31-38(2)3)65(92)80-59(42(10)11)71(98)83(19)53(32-39(4)5)64(91)75-45(15)63(90)76-46(16)67(94)84(20)54(33-40(6)7)69(96)85(21)55(34-41(8)9)70(97)86(22)60(43(12)13)72(99)87(23)61(66(93)79-49)62(89)44(14)35-57-77-50-30-29-47(36-51(50)78-57)74(102)103-56-28-26-25-27-48(56)73(100)101/h25-30,36,38-46,49,52-55,59-62,89H,24,31-35,37H2,1-23H3,(H,75,91)(H,76,90)(H,77,78)(H,79,93)(H,80,92)(H,100,101). The highest BCUT2D eigenvalue weighted by molar-refractivity contribution is 6.01. The number of aromatic amines is 1. The van der Waals surface area contributed by atoms with Gasteiger partial charge in [-0.1, -0.05) is 109 Å². The van der Waals surface area contributed by atoms with E-state index in [4.69, 9.17) is 4.74 Å². The van der Waals surface area contributed by atoms with E-state index in [-0.39, 0.29) is 84.9 Å². The lowest BCUT2D eigenvalue weighted by Crippen LogP contribution is -2.63. The first-order valence-electron chi connectivity index (χ1n) is 35.6. The molecule has 1 aliphatic heterocycles. The number of imidazole rings is 1. The number of aliphatic hydroxyl groups is 1. The molecule has 0 bridgehead atoms. The molecule has 0 spiro atoms. The number of amides is 11. The van der Waals surface area contributed by atoms with Crippen LogP contribution < -0.4 is 26.0 Å². The molecule has 3 aromatic rings. The number of nitrogens with zero attached hydrogens (tertiary/aromatic N) is 8. The highest BCUT2D eigenvalue weighted by Crippen LogP contribution is 2.28. The monoisotopic (exact) mass is 1440 g/mol. The van der Waals surface area contributed by atoms with E-state index in [0.717, 1.165) is 9.80 Å². The van der Waals surface area contributed by atoms with E-state index in [0.29, 0.717) is 11.0 Å². The molecule has 11 amide bonds. The van der Waals surface area contributed by atoms with E-state index in [9.17, 15) is 53.4 Å². The van der Waals surface area contributed by atoms with E-state index >= 15 is 19.2 Å². The lowest BCUT2D eigenvalue weighted by molar-refractivity contribution is -0.157. The Morgan fingerprint density at radius 1 is 0.534 bits per heavy atom. The van der Waals surface area contributed by atoms with Gasteiger partial charge in [0, 0.05) is 55.8 Å². The minimum atomic E-state index is -1.82. The van der Waals surface area contributed by atoms with Crippen molar-refractivity contribution in [2.45, 2.75) is 216 Å². The maximum absolute atomic E-state index is 15.6. The zero-order chi connectivity index (χ0) is 78.3. The van der Waals surface area contributed by atoms with E-state index in [2.05, 4.69) is 31.2 Å². The molecule has 0 saturated carbocycles. The number of H-pyrrole nitrogens is 1. The summed E-state index contributed by atoms with van der Waals surface area (Å²) >= 11 is 0. The Hall–Kier alpha value is -9.02. The molecule has 1 fully saturated rings. The van der Waals surface area contributed by atoms with Crippen LogP contribution in [0.5, 0.6) is 5.75 Å². The number of ether oxygens (including phenoxy) is 1. The number of nitrogens with one attached hydrogen (secondary N) is 5. The Bertz CT molecular complexity index is 3530. The molecule has 2 aromatic carbocycles. The van der Waals surface area contributed by atoms with Gasteiger partial charge >= 0.3 is 11.9 Å². The first-order chi connectivity index (χ1) is 47.9. The van der Waals surface area contributed by atoms with Gasteiger partial charge in [-0.2, -0.15) is 0 Å². The van der Waals surface area contributed by atoms with E-state index in [1.807, 2.05) is 55.4 Å². The van der Waals surface area contributed by atoms with Crippen LogP contribution in [-0.2, 0) is 59.2 Å². The quantitative estimate of drug-likeness (QED) is 0.0688. The van der Waals surface area contributed by atoms with Crippen LogP contribution in [0.1, 0.15) is 169 Å². The molecule has 1 aliphatic rings. The molecular weight excluding hydrogens is 1330 g/mol. The van der Waals surface area contributed by atoms with E-state index in [1.54, 1.807) is 41.5 Å². The summed E-state index contributed by atoms with van der Waals surface area (Å²) in [6.07, 6.45) is -1.50. The molecule has 1 aromatic heterocycles. The van der Waals surface area contributed by atoms with Crippen LogP contribution >= 0.6 is 0 Å². The summed E-state index contributed by atoms with van der Waals surface area (Å²) in [7, 11) is 9.65. The Labute approximate surface area is 606 Å². The van der Waals surface area contributed by atoms with Crippen LogP contribution in [0.3, 0.4) is 0 Å². The van der Waals surface area contributed by atoms with Crippen LogP contribution in [0, 0.1) is 41.4 Å². The minimum absolute atomic E-state index is 0.0420. The number of aromatic nitrogens is 2. The Morgan fingerprint density at radius 3 is 1.54 bits per heavy atom. The average Bonchev–Trinajstić information content (AvgIpc) is 1.67. The Kier molecular flexibility index (Phi) is 31.8. The summed E-state index contributed by atoms with van der Waals surface area (Å²) in [5.74, 6) is -13.1. The van der Waals surface area contributed by atoms with Gasteiger partial charge in [-0.3, -0.25) is 52.7 Å². The Balaban J connectivity index is 1.91. The van der Waals surface area contributed by atoms with Crippen LogP contribution in [0.25, 0.3) is 11.0 Å². The summed E-state index contributed by atoms with van der Waals surface area (Å²) in [5, 5.41) is 33.3. The van der Waals surface area contributed by atoms with E-state index in [1.165, 1.54) is 130 Å². The van der Waals surface area contributed by atoms with Gasteiger partial charge in [0.15, 0.2) is 0 Å². The number of aromatic carboxylic acids is 1. The number of hydrogen-bond donors (Lipinski definition) is 7. The topological polar surface area (TPSA) is 371 Å². The normalized spacial score (nSPS) is 24.1. The molecule has 2 heterocycles. The van der Waals surface area contributed by atoms with Crippen molar-refractivity contribution in [2.75, 3.05) is 55.9 Å². The van der Waals surface area contributed by atoms with Gasteiger partial charge in [0.25, 0.3) is 0 Å². The number of aliphatic hydroxyl groups excluding tert-OH is 1. The minimum Gasteiger partial charge on any atom is -0.478 e. The third kappa shape index (κ3) is 22.5. The summed E-state index contributed by atoms with van der Waals surface area (Å²) < 4.78 is 5.47. The lowest BCUT2D eigenvalue weighted by atomic mass is 9.91. The first kappa shape index (κ1) is 86.4. The van der Waals surface area contributed by atoms with Crippen LogP contribution in [0.15, 0.2) is 42.5 Å². The number of esters is 1. The average molecular weight is 1440 g/mol. The van der Waals surface area contributed by atoms with Crippen molar-refractivity contribution in [3.63, 3.8) is 0 Å². The number of carbonyl (C=O) groups is 13. The maximum Gasteiger partial charge on any atom is 0.343 e. The number of rotatable bonds is 18. The predicted molar refractivity (Wildman–Crippen MR) is 387 cm³/mol. The summed E-state index contributed by atoms with van der Waals surface area (Å²) in [6.45, 7) is 26.9. The molecule has 7 N–H and O–H groups in total. The van der Waals surface area contributed by atoms with Gasteiger partial charge in [-0.25, -0.2) is 14.6 Å². The van der Waals surface area contributed by atoms with Gasteiger partial charge in [0.1, 0.15) is 77.6 Å². The second-order valence-corrected chi connectivity index (χ2v) is 30.1. The summed E-state index contributed by atoms with van der Waals surface area (Å²) in [5.41, 5.74) is 0.547. The van der Waals surface area contributed by atoms with Gasteiger partial charge in [-0.15, -0.1) is 0 Å². The van der Waals surface area contributed by atoms with E-state index < -0.39 is 168 Å². The lowest BCUT2D eigenvalue weighted by Gasteiger charge is -2.41. The van der Waals surface area contributed by atoms with Crippen LogP contribution in [-0.4, -0.2) is 254 Å².